The molecule has 2 aromatic rings. The van der Waals surface area contributed by atoms with Crippen LogP contribution < -0.4 is 11.3 Å². The normalized spacial score (nSPS) is 10.6. The number of nitrogen functional groups attached to an aromatic ring is 1. The van der Waals surface area contributed by atoms with Crippen molar-refractivity contribution < 1.29 is 9.53 Å². The molecule has 1 heterocycles. The lowest BCUT2D eigenvalue weighted by molar-refractivity contribution is 0.0526. The molecule has 0 aliphatic carbocycles. The summed E-state index contributed by atoms with van der Waals surface area (Å²) < 4.78 is 4.90. The van der Waals surface area contributed by atoms with E-state index in [1.807, 2.05) is 26.0 Å². The molecule has 1 aromatic heterocycles. The van der Waals surface area contributed by atoms with Crippen LogP contribution in [0.5, 0.6) is 0 Å². The van der Waals surface area contributed by atoms with Crippen LogP contribution >= 0.6 is 0 Å². The summed E-state index contributed by atoms with van der Waals surface area (Å²) in [6.45, 7) is 5.77. The van der Waals surface area contributed by atoms with Crippen LogP contribution in [0.25, 0.3) is 11.3 Å². The molecule has 0 aliphatic heterocycles. The number of rotatable bonds is 3. The van der Waals surface area contributed by atoms with Gasteiger partial charge in [0.15, 0.2) is 5.56 Å². The maximum atomic E-state index is 11.9. The average Bonchev–Trinajstić information content (AvgIpc) is 2.76. The Morgan fingerprint density at radius 1 is 1.25 bits per heavy atom. The summed E-state index contributed by atoms with van der Waals surface area (Å²) in [5, 5.41) is 5.10. The standard InChI is InChI=1S/C14H17N3O3/c1-4-20-14(19)11-12(16-17-13(11)18)9-5-7(2)8(3)6-10(9)15/h5-6H,4,15H2,1-3H3,(H2,16,17,18). The zero-order valence-electron chi connectivity index (χ0n) is 11.7. The van der Waals surface area contributed by atoms with Crippen molar-refractivity contribution >= 4 is 11.7 Å². The molecular weight excluding hydrogens is 258 g/mol. The molecule has 0 atom stereocenters. The summed E-state index contributed by atoms with van der Waals surface area (Å²) in [4.78, 5) is 23.6. The Morgan fingerprint density at radius 3 is 2.55 bits per heavy atom. The number of nitrogens with one attached hydrogen (secondary N) is 2. The third-order valence-electron chi connectivity index (χ3n) is 3.19. The summed E-state index contributed by atoms with van der Waals surface area (Å²) in [5.41, 5.74) is 8.93. The van der Waals surface area contributed by atoms with Gasteiger partial charge in [-0.05, 0) is 44.0 Å². The van der Waals surface area contributed by atoms with Gasteiger partial charge < -0.3 is 10.5 Å². The van der Waals surface area contributed by atoms with Gasteiger partial charge in [0, 0.05) is 11.3 Å². The number of aryl methyl sites for hydroxylation is 2. The Morgan fingerprint density at radius 2 is 1.90 bits per heavy atom. The number of hydrogen-bond acceptors (Lipinski definition) is 4. The number of esters is 1. The van der Waals surface area contributed by atoms with Gasteiger partial charge in [0.2, 0.25) is 0 Å². The highest BCUT2D eigenvalue weighted by molar-refractivity contribution is 5.97. The number of carbonyl (C=O) groups is 1. The number of H-pyrrole nitrogens is 2. The molecule has 6 heteroatoms. The van der Waals surface area contributed by atoms with Crippen molar-refractivity contribution in [1.29, 1.82) is 0 Å². The molecule has 1 aromatic carbocycles. The number of benzene rings is 1. The molecule has 4 N–H and O–H groups in total. The molecular formula is C14H17N3O3. The Kier molecular flexibility index (Phi) is 3.65. The minimum absolute atomic E-state index is 0.0539. The van der Waals surface area contributed by atoms with E-state index >= 15 is 0 Å². The topological polar surface area (TPSA) is 101 Å². The van der Waals surface area contributed by atoms with Crippen LogP contribution in [0.1, 0.15) is 28.4 Å². The number of aromatic amines is 2. The van der Waals surface area contributed by atoms with Crippen molar-refractivity contribution in [1.82, 2.24) is 10.2 Å². The SMILES string of the molecule is CCOC(=O)c1c(-c2cc(C)c(C)cc2N)[nH][nH]c1=O. The van der Waals surface area contributed by atoms with Crippen LogP contribution in [0, 0.1) is 13.8 Å². The fourth-order valence-electron chi connectivity index (χ4n) is 2.01. The molecule has 0 radical (unpaired) electrons. The summed E-state index contributed by atoms with van der Waals surface area (Å²) in [7, 11) is 0. The predicted molar refractivity (Wildman–Crippen MR) is 76.7 cm³/mol. The highest BCUT2D eigenvalue weighted by Crippen LogP contribution is 2.28. The molecule has 2 rings (SSSR count). The van der Waals surface area contributed by atoms with Crippen LogP contribution in [-0.4, -0.2) is 22.8 Å². The second kappa shape index (κ2) is 5.24. The number of aromatic nitrogens is 2. The fourth-order valence-corrected chi connectivity index (χ4v) is 2.01. The lowest BCUT2D eigenvalue weighted by Crippen LogP contribution is -2.16. The van der Waals surface area contributed by atoms with E-state index in [0.717, 1.165) is 11.1 Å². The average molecular weight is 275 g/mol. The first-order valence-electron chi connectivity index (χ1n) is 6.30. The smallest absolute Gasteiger partial charge is 0.346 e. The summed E-state index contributed by atoms with van der Waals surface area (Å²) in [6, 6.07) is 3.65. The van der Waals surface area contributed by atoms with E-state index in [-0.39, 0.29) is 12.2 Å². The Balaban J connectivity index is 2.63. The minimum atomic E-state index is -0.664. The third kappa shape index (κ3) is 2.32. The molecule has 0 bridgehead atoms. The summed E-state index contributed by atoms with van der Waals surface area (Å²) >= 11 is 0. The van der Waals surface area contributed by atoms with E-state index in [1.54, 1.807) is 6.92 Å². The van der Waals surface area contributed by atoms with Gasteiger partial charge in [-0.2, -0.15) is 0 Å². The maximum absolute atomic E-state index is 11.9. The van der Waals surface area contributed by atoms with Crippen LogP contribution in [-0.2, 0) is 4.74 Å². The molecule has 0 saturated carbocycles. The third-order valence-corrected chi connectivity index (χ3v) is 3.19. The molecule has 106 valence electrons. The van der Waals surface area contributed by atoms with Crippen LogP contribution in [0.4, 0.5) is 5.69 Å². The van der Waals surface area contributed by atoms with Crippen molar-refractivity contribution in [3.05, 3.63) is 39.2 Å². The van der Waals surface area contributed by atoms with Crippen molar-refractivity contribution in [3.63, 3.8) is 0 Å². The molecule has 6 nitrogen and oxygen atoms in total. The van der Waals surface area contributed by atoms with Crippen molar-refractivity contribution in [2.75, 3.05) is 12.3 Å². The van der Waals surface area contributed by atoms with E-state index in [9.17, 15) is 9.59 Å². The highest BCUT2D eigenvalue weighted by Gasteiger charge is 2.22. The molecule has 0 aliphatic rings. The first-order chi connectivity index (χ1) is 9.45. The second-order valence-corrected chi connectivity index (χ2v) is 4.57. The summed E-state index contributed by atoms with van der Waals surface area (Å²) in [5.74, 6) is -0.664. The van der Waals surface area contributed by atoms with E-state index in [2.05, 4.69) is 10.2 Å². The molecule has 20 heavy (non-hydrogen) atoms. The van der Waals surface area contributed by atoms with Crippen LogP contribution in [0.3, 0.4) is 0 Å². The van der Waals surface area contributed by atoms with Gasteiger partial charge in [0.1, 0.15) is 0 Å². The number of hydrogen-bond donors (Lipinski definition) is 3. The largest absolute Gasteiger partial charge is 0.462 e. The molecule has 0 amide bonds. The van der Waals surface area contributed by atoms with Crippen molar-refractivity contribution in [3.8, 4) is 11.3 Å². The first kappa shape index (κ1) is 13.9. The van der Waals surface area contributed by atoms with Crippen LogP contribution in [0.2, 0.25) is 0 Å². The zero-order valence-corrected chi connectivity index (χ0v) is 11.7. The Hall–Kier alpha value is -2.50. The molecule has 0 saturated heterocycles. The second-order valence-electron chi connectivity index (χ2n) is 4.57. The van der Waals surface area contributed by atoms with Gasteiger partial charge in [-0.1, -0.05) is 0 Å². The lowest BCUT2D eigenvalue weighted by atomic mass is 10.00. The number of anilines is 1. The fraction of sp³-hybridized carbons (Fsp3) is 0.286. The van der Waals surface area contributed by atoms with Gasteiger partial charge in [-0.3, -0.25) is 15.0 Å². The van der Waals surface area contributed by atoms with Crippen molar-refractivity contribution in [2.24, 2.45) is 0 Å². The van der Waals surface area contributed by atoms with E-state index in [0.29, 0.717) is 16.9 Å². The lowest BCUT2D eigenvalue weighted by Gasteiger charge is -2.09. The Labute approximate surface area is 115 Å². The molecule has 0 fully saturated rings. The molecule has 0 unspecified atom stereocenters. The van der Waals surface area contributed by atoms with E-state index in [4.69, 9.17) is 10.5 Å². The van der Waals surface area contributed by atoms with E-state index in [1.165, 1.54) is 0 Å². The van der Waals surface area contributed by atoms with E-state index < -0.39 is 11.5 Å². The maximum Gasteiger partial charge on any atom is 0.346 e. The van der Waals surface area contributed by atoms with Gasteiger partial charge in [-0.25, -0.2) is 4.79 Å². The van der Waals surface area contributed by atoms with Crippen LogP contribution in [0.15, 0.2) is 16.9 Å². The van der Waals surface area contributed by atoms with Gasteiger partial charge in [0.05, 0.1) is 12.3 Å². The van der Waals surface area contributed by atoms with Gasteiger partial charge in [0.25, 0.3) is 5.56 Å². The minimum Gasteiger partial charge on any atom is -0.462 e. The predicted octanol–water partition coefficient (Wildman–Crippen LogP) is 1.75. The van der Waals surface area contributed by atoms with Gasteiger partial charge >= 0.3 is 5.97 Å². The summed E-state index contributed by atoms with van der Waals surface area (Å²) in [6.07, 6.45) is 0. The van der Waals surface area contributed by atoms with Crippen molar-refractivity contribution in [2.45, 2.75) is 20.8 Å². The van der Waals surface area contributed by atoms with Gasteiger partial charge in [-0.15, -0.1) is 0 Å². The quantitative estimate of drug-likeness (QED) is 0.586. The number of ether oxygens (including phenoxy) is 1. The number of carbonyl (C=O) groups excluding carboxylic acids is 1. The highest BCUT2D eigenvalue weighted by atomic mass is 16.5. The zero-order chi connectivity index (χ0) is 14.9. The monoisotopic (exact) mass is 275 g/mol. The molecule has 0 spiro atoms. The number of nitrogens with two attached hydrogens (primary N) is 1. The first-order valence-corrected chi connectivity index (χ1v) is 6.30. The Bertz CT molecular complexity index is 713.